The van der Waals surface area contributed by atoms with Gasteiger partial charge in [0, 0.05) is 0 Å². The Labute approximate surface area is 98.6 Å². The van der Waals surface area contributed by atoms with Gasteiger partial charge in [-0.25, -0.2) is 9.78 Å². The predicted molar refractivity (Wildman–Crippen MR) is 59.3 cm³/mol. The lowest BCUT2D eigenvalue weighted by Crippen LogP contribution is -2.08. The van der Waals surface area contributed by atoms with Gasteiger partial charge in [-0.15, -0.1) is 0 Å². The molecule has 16 heavy (non-hydrogen) atoms. The Morgan fingerprint density at radius 3 is 2.75 bits per heavy atom. The van der Waals surface area contributed by atoms with Crippen molar-refractivity contribution in [2.45, 2.75) is 0 Å². The number of hydrogen-bond donors (Lipinski definition) is 2. The molecular formula is C9H4Cl2N2O3. The Kier molecular flexibility index (Phi) is 2.57. The fourth-order valence-corrected chi connectivity index (χ4v) is 1.76. The molecule has 0 aliphatic carbocycles. The van der Waals surface area contributed by atoms with Crippen LogP contribution >= 0.6 is 23.2 Å². The molecule has 0 saturated carbocycles. The number of halogens is 2. The van der Waals surface area contributed by atoms with Crippen molar-refractivity contribution in [3.05, 3.63) is 38.2 Å². The van der Waals surface area contributed by atoms with Gasteiger partial charge in [0.1, 0.15) is 11.1 Å². The highest BCUT2D eigenvalue weighted by molar-refractivity contribution is 6.45. The largest absolute Gasteiger partial charge is 0.478 e. The SMILES string of the molecule is O=C(O)c1c(Cl)c(Cl)cc2[nH]c(=O)cnc12. The number of aromatic carboxylic acids is 1. The molecule has 1 aromatic heterocycles. The average Bonchev–Trinajstić information content (AvgIpc) is 2.19. The Morgan fingerprint density at radius 1 is 1.44 bits per heavy atom. The first kappa shape index (κ1) is 10.9. The highest BCUT2D eigenvalue weighted by atomic mass is 35.5. The molecule has 5 nitrogen and oxygen atoms in total. The Morgan fingerprint density at radius 2 is 2.12 bits per heavy atom. The molecule has 0 aliphatic heterocycles. The van der Waals surface area contributed by atoms with Gasteiger partial charge in [0.2, 0.25) is 0 Å². The van der Waals surface area contributed by atoms with Gasteiger partial charge in [-0.3, -0.25) is 4.79 Å². The van der Waals surface area contributed by atoms with Crippen LogP contribution in [0.1, 0.15) is 10.4 Å². The molecule has 2 N–H and O–H groups in total. The molecule has 0 radical (unpaired) electrons. The molecule has 0 spiro atoms. The van der Waals surface area contributed by atoms with Gasteiger partial charge in [0.05, 0.1) is 21.8 Å². The molecule has 0 saturated heterocycles. The minimum absolute atomic E-state index is 0.0511. The highest BCUT2D eigenvalue weighted by Crippen LogP contribution is 2.30. The summed E-state index contributed by atoms with van der Waals surface area (Å²) in [5.74, 6) is -1.25. The topological polar surface area (TPSA) is 83.0 Å². The van der Waals surface area contributed by atoms with E-state index >= 15 is 0 Å². The number of nitrogens with one attached hydrogen (secondary N) is 1. The summed E-state index contributed by atoms with van der Waals surface area (Å²) >= 11 is 11.5. The number of aromatic amines is 1. The van der Waals surface area contributed by atoms with Crippen molar-refractivity contribution < 1.29 is 9.90 Å². The van der Waals surface area contributed by atoms with Crippen molar-refractivity contribution in [1.82, 2.24) is 9.97 Å². The first-order valence-corrected chi connectivity index (χ1v) is 4.86. The van der Waals surface area contributed by atoms with Crippen molar-refractivity contribution >= 4 is 40.2 Å². The van der Waals surface area contributed by atoms with Crippen molar-refractivity contribution in [1.29, 1.82) is 0 Å². The number of carbonyl (C=O) groups is 1. The summed E-state index contributed by atoms with van der Waals surface area (Å²) in [7, 11) is 0. The monoisotopic (exact) mass is 258 g/mol. The quantitative estimate of drug-likeness (QED) is 0.819. The van der Waals surface area contributed by atoms with Crippen LogP contribution in [0, 0.1) is 0 Å². The van der Waals surface area contributed by atoms with Crippen LogP contribution in [0.25, 0.3) is 11.0 Å². The van der Waals surface area contributed by atoms with Gasteiger partial charge in [-0.05, 0) is 6.07 Å². The van der Waals surface area contributed by atoms with Crippen molar-refractivity contribution in [2.75, 3.05) is 0 Å². The van der Waals surface area contributed by atoms with Gasteiger partial charge < -0.3 is 10.1 Å². The average molecular weight is 259 g/mol. The van der Waals surface area contributed by atoms with E-state index in [1.54, 1.807) is 0 Å². The van der Waals surface area contributed by atoms with Crippen LogP contribution in [-0.4, -0.2) is 21.0 Å². The summed E-state index contributed by atoms with van der Waals surface area (Å²) < 4.78 is 0. The van der Waals surface area contributed by atoms with Crippen LogP contribution in [0.15, 0.2) is 17.1 Å². The van der Waals surface area contributed by atoms with Gasteiger partial charge in [0.25, 0.3) is 5.56 Å². The molecular weight excluding hydrogens is 255 g/mol. The minimum Gasteiger partial charge on any atom is -0.478 e. The number of hydrogen-bond acceptors (Lipinski definition) is 3. The number of carboxylic acids is 1. The zero-order valence-corrected chi connectivity index (χ0v) is 9.13. The standard InChI is InChI=1S/C9H4Cl2N2O3/c10-3-1-4-8(12-2-5(14)13-4)6(7(3)11)9(15)16/h1-2H,(H,13,14)(H,15,16). The van der Waals surface area contributed by atoms with E-state index in [2.05, 4.69) is 9.97 Å². The molecule has 0 fully saturated rings. The van der Waals surface area contributed by atoms with Gasteiger partial charge in [-0.2, -0.15) is 0 Å². The first-order valence-electron chi connectivity index (χ1n) is 4.11. The molecule has 0 atom stereocenters. The van der Waals surface area contributed by atoms with Crippen LogP contribution in [0.5, 0.6) is 0 Å². The Hall–Kier alpha value is -1.59. The van der Waals surface area contributed by atoms with Crippen LogP contribution in [0.4, 0.5) is 0 Å². The van der Waals surface area contributed by atoms with E-state index in [4.69, 9.17) is 28.3 Å². The highest BCUT2D eigenvalue weighted by Gasteiger charge is 2.18. The Bertz CT molecular complexity index is 651. The van der Waals surface area contributed by atoms with Crippen molar-refractivity contribution in [2.24, 2.45) is 0 Å². The summed E-state index contributed by atoms with van der Waals surface area (Å²) in [6.07, 6.45) is 0.985. The maximum absolute atomic E-state index is 11.0. The van der Waals surface area contributed by atoms with E-state index < -0.39 is 11.5 Å². The fraction of sp³-hybridized carbons (Fsp3) is 0. The Balaban J connectivity index is 3.00. The number of H-pyrrole nitrogens is 1. The minimum atomic E-state index is -1.25. The van der Waals surface area contributed by atoms with E-state index in [9.17, 15) is 9.59 Å². The smallest absolute Gasteiger partial charge is 0.339 e. The van der Waals surface area contributed by atoms with E-state index in [1.165, 1.54) is 6.07 Å². The number of rotatable bonds is 1. The lowest BCUT2D eigenvalue weighted by Gasteiger charge is -2.05. The van der Waals surface area contributed by atoms with Gasteiger partial charge in [0.15, 0.2) is 0 Å². The van der Waals surface area contributed by atoms with Gasteiger partial charge >= 0.3 is 5.97 Å². The molecule has 2 aromatic rings. The lowest BCUT2D eigenvalue weighted by atomic mass is 10.1. The fourth-order valence-electron chi connectivity index (χ4n) is 1.33. The third-order valence-electron chi connectivity index (χ3n) is 1.97. The second-order valence-electron chi connectivity index (χ2n) is 3.00. The molecule has 0 unspecified atom stereocenters. The first-order chi connectivity index (χ1) is 7.50. The second kappa shape index (κ2) is 3.77. The van der Waals surface area contributed by atoms with E-state index in [-0.39, 0.29) is 26.6 Å². The predicted octanol–water partition coefficient (Wildman–Crippen LogP) is 1.93. The number of aromatic nitrogens is 2. The molecule has 1 heterocycles. The third-order valence-corrected chi connectivity index (χ3v) is 2.76. The lowest BCUT2D eigenvalue weighted by molar-refractivity contribution is 0.0699. The zero-order valence-electron chi connectivity index (χ0n) is 7.62. The molecule has 82 valence electrons. The number of benzene rings is 1. The van der Waals surface area contributed by atoms with Crippen LogP contribution < -0.4 is 5.56 Å². The summed E-state index contributed by atoms with van der Waals surface area (Å²) in [6, 6.07) is 1.36. The van der Waals surface area contributed by atoms with E-state index in [0.29, 0.717) is 0 Å². The molecule has 2 rings (SSSR count). The van der Waals surface area contributed by atoms with E-state index in [0.717, 1.165) is 6.20 Å². The summed E-state index contributed by atoms with van der Waals surface area (Å²) in [6.45, 7) is 0. The molecule has 0 bridgehead atoms. The van der Waals surface area contributed by atoms with Crippen molar-refractivity contribution in [3.8, 4) is 0 Å². The summed E-state index contributed by atoms with van der Waals surface area (Å²) in [5.41, 5.74) is -0.330. The van der Waals surface area contributed by atoms with Gasteiger partial charge in [-0.1, -0.05) is 23.2 Å². The molecule has 1 aromatic carbocycles. The normalized spacial score (nSPS) is 10.6. The second-order valence-corrected chi connectivity index (χ2v) is 3.78. The zero-order chi connectivity index (χ0) is 11.9. The van der Waals surface area contributed by atoms with Crippen LogP contribution in [0.3, 0.4) is 0 Å². The maximum atomic E-state index is 11.0. The van der Waals surface area contributed by atoms with Crippen LogP contribution in [0.2, 0.25) is 10.0 Å². The summed E-state index contributed by atoms with van der Waals surface area (Å²) in [4.78, 5) is 28.2. The number of carboxylic acid groups (broad SMARTS) is 1. The third kappa shape index (κ3) is 1.64. The van der Waals surface area contributed by atoms with Crippen molar-refractivity contribution in [3.63, 3.8) is 0 Å². The molecule has 0 aliphatic rings. The van der Waals surface area contributed by atoms with E-state index in [1.807, 2.05) is 0 Å². The number of nitrogens with zero attached hydrogens (tertiary/aromatic N) is 1. The van der Waals surface area contributed by atoms with Crippen LogP contribution in [-0.2, 0) is 0 Å². The summed E-state index contributed by atoms with van der Waals surface area (Å²) in [5, 5.41) is 8.94. The number of fused-ring (bicyclic) bond motifs is 1. The molecule has 7 heteroatoms. The molecule has 0 amide bonds. The maximum Gasteiger partial charge on any atom is 0.339 e.